The van der Waals surface area contributed by atoms with Crippen LogP contribution in [0, 0.1) is 11.2 Å². The van der Waals surface area contributed by atoms with Crippen LogP contribution in [0.15, 0.2) is 18.2 Å². The molecular formula is C17H22ClFN2O. The molecule has 0 aliphatic carbocycles. The Balaban J connectivity index is 1.60. The lowest BCUT2D eigenvalue weighted by molar-refractivity contribution is -0.137. The predicted molar refractivity (Wildman–Crippen MR) is 85.2 cm³/mol. The summed E-state index contributed by atoms with van der Waals surface area (Å²) in [5.74, 6) is 0.0277. The number of halogens is 2. The first-order chi connectivity index (χ1) is 10.5. The molecule has 0 atom stereocenters. The minimum absolute atomic E-state index is 0.236. The highest BCUT2D eigenvalue weighted by molar-refractivity contribution is 6.31. The Bertz CT molecular complexity index is 570. The zero-order valence-electron chi connectivity index (χ0n) is 12.9. The van der Waals surface area contributed by atoms with E-state index >= 15 is 0 Å². The van der Waals surface area contributed by atoms with Gasteiger partial charge in [0.05, 0.1) is 0 Å². The number of nitrogens with zero attached hydrogens (tertiary/aromatic N) is 2. The SMILES string of the molecule is CN1CC2(CCC1=O)CCN(Cc1cc(F)ccc1Cl)CC2. The maximum absolute atomic E-state index is 13.4. The fraction of sp³-hybridized carbons (Fsp3) is 0.588. The van der Waals surface area contributed by atoms with Crippen LogP contribution in [0.5, 0.6) is 0 Å². The number of likely N-dealkylation sites (tertiary alicyclic amines) is 2. The molecule has 3 nitrogen and oxygen atoms in total. The molecule has 2 fully saturated rings. The van der Waals surface area contributed by atoms with Gasteiger partial charge in [-0.2, -0.15) is 0 Å². The standard InChI is InChI=1S/C17H22ClFN2O/c1-20-12-17(5-4-16(20)22)6-8-21(9-7-17)11-13-10-14(19)2-3-15(13)18/h2-3,10H,4-9,11-12H2,1H3. The van der Waals surface area contributed by atoms with Gasteiger partial charge in [-0.05, 0) is 61.5 Å². The summed E-state index contributed by atoms with van der Waals surface area (Å²) in [6, 6.07) is 4.55. The molecule has 120 valence electrons. The summed E-state index contributed by atoms with van der Waals surface area (Å²) in [6.45, 7) is 3.53. The van der Waals surface area contributed by atoms with Gasteiger partial charge in [-0.15, -0.1) is 0 Å². The van der Waals surface area contributed by atoms with Gasteiger partial charge in [-0.1, -0.05) is 11.6 Å². The van der Waals surface area contributed by atoms with E-state index in [4.69, 9.17) is 11.6 Å². The number of hydrogen-bond acceptors (Lipinski definition) is 2. The molecule has 22 heavy (non-hydrogen) atoms. The second-order valence-corrected chi connectivity index (χ2v) is 7.17. The van der Waals surface area contributed by atoms with Crippen LogP contribution in [0.25, 0.3) is 0 Å². The molecule has 5 heteroatoms. The van der Waals surface area contributed by atoms with Crippen LogP contribution in [-0.4, -0.2) is 42.4 Å². The molecular weight excluding hydrogens is 303 g/mol. The molecule has 0 aromatic heterocycles. The number of benzene rings is 1. The Labute approximate surface area is 136 Å². The zero-order valence-corrected chi connectivity index (χ0v) is 13.7. The van der Waals surface area contributed by atoms with E-state index in [1.807, 2.05) is 11.9 Å². The first-order valence-electron chi connectivity index (χ1n) is 7.88. The second kappa shape index (κ2) is 6.17. The largest absolute Gasteiger partial charge is 0.345 e. The average molecular weight is 325 g/mol. The van der Waals surface area contributed by atoms with Crippen LogP contribution in [0.3, 0.4) is 0 Å². The molecule has 2 aliphatic rings. The quantitative estimate of drug-likeness (QED) is 0.833. The summed E-state index contributed by atoms with van der Waals surface area (Å²) < 4.78 is 13.4. The van der Waals surface area contributed by atoms with E-state index in [1.165, 1.54) is 12.1 Å². The van der Waals surface area contributed by atoms with Gasteiger partial charge in [0.25, 0.3) is 0 Å². The number of carbonyl (C=O) groups excluding carboxylic acids is 1. The van der Waals surface area contributed by atoms with Crippen molar-refractivity contribution in [2.45, 2.75) is 32.2 Å². The Hall–Kier alpha value is -1.13. The summed E-state index contributed by atoms with van der Waals surface area (Å²) in [5, 5.41) is 0.629. The fourth-order valence-corrected chi connectivity index (χ4v) is 3.91. The van der Waals surface area contributed by atoms with Crippen molar-refractivity contribution < 1.29 is 9.18 Å². The van der Waals surface area contributed by atoms with Crippen LogP contribution in [0.4, 0.5) is 4.39 Å². The maximum atomic E-state index is 13.4. The molecule has 2 saturated heterocycles. The van der Waals surface area contributed by atoms with Gasteiger partial charge in [0.15, 0.2) is 0 Å². The van der Waals surface area contributed by atoms with Gasteiger partial charge in [-0.3, -0.25) is 9.69 Å². The number of piperidine rings is 2. The first kappa shape index (κ1) is 15.8. The third-order valence-electron chi connectivity index (χ3n) is 5.19. The number of hydrogen-bond donors (Lipinski definition) is 0. The van der Waals surface area contributed by atoms with Crippen molar-refractivity contribution in [1.29, 1.82) is 0 Å². The second-order valence-electron chi connectivity index (χ2n) is 6.76. The number of carbonyl (C=O) groups is 1. The van der Waals surface area contributed by atoms with E-state index in [0.29, 0.717) is 18.0 Å². The van der Waals surface area contributed by atoms with E-state index in [9.17, 15) is 9.18 Å². The van der Waals surface area contributed by atoms with E-state index in [1.54, 1.807) is 6.07 Å². The summed E-state index contributed by atoms with van der Waals surface area (Å²) in [6.07, 6.45) is 3.87. The lowest BCUT2D eigenvalue weighted by Crippen LogP contribution is -2.50. The van der Waals surface area contributed by atoms with Crippen molar-refractivity contribution in [3.63, 3.8) is 0 Å². The minimum atomic E-state index is -0.236. The smallest absolute Gasteiger partial charge is 0.222 e. The van der Waals surface area contributed by atoms with Crippen molar-refractivity contribution in [1.82, 2.24) is 9.80 Å². The minimum Gasteiger partial charge on any atom is -0.345 e. The maximum Gasteiger partial charge on any atom is 0.222 e. The topological polar surface area (TPSA) is 23.6 Å². The molecule has 1 spiro atoms. The van der Waals surface area contributed by atoms with Gasteiger partial charge in [0.2, 0.25) is 5.91 Å². The summed E-state index contributed by atoms with van der Waals surface area (Å²) in [4.78, 5) is 15.9. The monoisotopic (exact) mass is 324 g/mol. The normalized spacial score (nSPS) is 22.3. The Morgan fingerprint density at radius 1 is 1.27 bits per heavy atom. The van der Waals surface area contributed by atoms with Gasteiger partial charge >= 0.3 is 0 Å². The summed E-state index contributed by atoms with van der Waals surface area (Å²) in [7, 11) is 1.90. The van der Waals surface area contributed by atoms with E-state index in [2.05, 4.69) is 4.90 Å². The van der Waals surface area contributed by atoms with Gasteiger partial charge < -0.3 is 4.90 Å². The van der Waals surface area contributed by atoms with Crippen LogP contribution in [-0.2, 0) is 11.3 Å². The van der Waals surface area contributed by atoms with E-state index in [0.717, 1.165) is 44.5 Å². The van der Waals surface area contributed by atoms with Gasteiger partial charge in [0, 0.05) is 31.6 Å². The van der Waals surface area contributed by atoms with E-state index < -0.39 is 0 Å². The van der Waals surface area contributed by atoms with Crippen LogP contribution in [0.1, 0.15) is 31.2 Å². The first-order valence-corrected chi connectivity index (χ1v) is 8.26. The van der Waals surface area contributed by atoms with Crippen molar-refractivity contribution >= 4 is 17.5 Å². The highest BCUT2D eigenvalue weighted by Gasteiger charge is 2.39. The Morgan fingerprint density at radius 2 is 2.00 bits per heavy atom. The molecule has 1 aromatic carbocycles. The predicted octanol–water partition coefficient (Wildman–Crippen LogP) is 3.31. The molecule has 1 amide bonds. The van der Waals surface area contributed by atoms with Crippen molar-refractivity contribution in [3.8, 4) is 0 Å². The molecule has 3 rings (SSSR count). The Morgan fingerprint density at radius 3 is 2.68 bits per heavy atom. The fourth-order valence-electron chi connectivity index (χ4n) is 3.73. The molecule has 2 heterocycles. The third-order valence-corrected chi connectivity index (χ3v) is 5.55. The van der Waals surface area contributed by atoms with Crippen LogP contribution in [0.2, 0.25) is 5.02 Å². The highest BCUT2D eigenvalue weighted by Crippen LogP contribution is 2.40. The average Bonchev–Trinajstić information content (AvgIpc) is 2.50. The van der Waals surface area contributed by atoms with Crippen LogP contribution >= 0.6 is 11.6 Å². The van der Waals surface area contributed by atoms with Crippen molar-refractivity contribution in [2.24, 2.45) is 5.41 Å². The summed E-state index contributed by atoms with van der Waals surface area (Å²) in [5.41, 5.74) is 1.14. The number of amides is 1. The van der Waals surface area contributed by atoms with Crippen LogP contribution < -0.4 is 0 Å². The lowest BCUT2D eigenvalue weighted by Gasteiger charge is -2.46. The molecule has 0 unspecified atom stereocenters. The van der Waals surface area contributed by atoms with Crippen molar-refractivity contribution in [2.75, 3.05) is 26.7 Å². The molecule has 0 N–H and O–H groups in total. The zero-order chi connectivity index (χ0) is 15.7. The van der Waals surface area contributed by atoms with E-state index in [-0.39, 0.29) is 17.1 Å². The Kier molecular flexibility index (Phi) is 4.42. The lowest BCUT2D eigenvalue weighted by atomic mass is 9.72. The van der Waals surface area contributed by atoms with Gasteiger partial charge in [-0.25, -0.2) is 4.39 Å². The molecule has 0 radical (unpaired) electrons. The highest BCUT2D eigenvalue weighted by atomic mass is 35.5. The molecule has 0 bridgehead atoms. The molecule has 0 saturated carbocycles. The summed E-state index contributed by atoms with van der Waals surface area (Å²) >= 11 is 6.16. The molecule has 1 aromatic rings. The third kappa shape index (κ3) is 3.28. The number of rotatable bonds is 2. The van der Waals surface area contributed by atoms with Crippen molar-refractivity contribution in [3.05, 3.63) is 34.6 Å². The molecule has 2 aliphatic heterocycles. The van der Waals surface area contributed by atoms with Gasteiger partial charge in [0.1, 0.15) is 5.82 Å².